The average Bonchev–Trinajstić information content (AvgIpc) is 3.66. The van der Waals surface area contributed by atoms with E-state index in [0.29, 0.717) is 10.9 Å². The Morgan fingerprint density at radius 1 is 0.804 bits per heavy atom. The zero-order valence-electron chi connectivity index (χ0n) is 27.8. The molecule has 0 radical (unpaired) electrons. The Morgan fingerprint density at radius 3 is 2.20 bits per heavy atom. The number of nitrogens with one attached hydrogen (secondary N) is 1. The van der Waals surface area contributed by atoms with Crippen molar-refractivity contribution in [2.75, 3.05) is 5.75 Å². The van der Waals surface area contributed by atoms with Crippen LogP contribution in [0, 0.1) is 5.92 Å². The first-order valence-corrected chi connectivity index (χ1v) is 19.1. The monoisotopic (exact) mass is 719 g/mol. The molecule has 4 atom stereocenters. The number of rotatable bonds is 12. The van der Waals surface area contributed by atoms with Gasteiger partial charge < -0.3 is 14.6 Å². The number of hydrogen-bond donors (Lipinski definition) is 2. The summed E-state index contributed by atoms with van der Waals surface area (Å²) in [5.74, 6) is 0.574. The highest BCUT2D eigenvalue weighted by molar-refractivity contribution is 7.99. The summed E-state index contributed by atoms with van der Waals surface area (Å²) >= 11 is 1.53. The maximum Gasteiger partial charge on any atom is 0.240 e. The Hall–Kier alpha value is -4.69. The summed E-state index contributed by atoms with van der Waals surface area (Å²) in [7, 11) is -3.67. The van der Waals surface area contributed by atoms with Gasteiger partial charge >= 0.3 is 0 Å². The van der Waals surface area contributed by atoms with Crippen LogP contribution in [0.1, 0.15) is 41.6 Å². The summed E-state index contributed by atoms with van der Waals surface area (Å²) in [6.07, 6.45) is -1.14. The first kappa shape index (κ1) is 34.7. The standard InChI is InChI=1S/C39H37N5O5S2/c1-27-36(26-50-39-41-42-43-44(39)33-11-4-2-5-12-33)48-38(49-37(27)30-18-16-28(25-45)17-19-30)31-22-20-29(21-23-31)35-15-9-8-10-32(35)24-40-51(46,47)34-13-6-3-7-14-34/h2-23,27,36-38,40,45H,24-26H2,1H3/t27-,36+,37+,38+/m1/s1. The summed E-state index contributed by atoms with van der Waals surface area (Å²) in [4.78, 5) is 0.225. The van der Waals surface area contributed by atoms with Crippen molar-refractivity contribution in [1.82, 2.24) is 24.9 Å². The van der Waals surface area contributed by atoms with Crippen molar-refractivity contribution in [3.05, 3.63) is 156 Å². The van der Waals surface area contributed by atoms with Crippen molar-refractivity contribution in [1.29, 1.82) is 0 Å². The predicted octanol–water partition coefficient (Wildman–Crippen LogP) is 6.88. The second kappa shape index (κ2) is 15.7. The SMILES string of the molecule is C[C@@H]1[C@H](CSc2nnnn2-c2ccccc2)O[C@H](c2ccc(-c3ccccc3CNS(=O)(=O)c3ccccc3)cc2)O[C@@H]1c1ccc(CO)cc1. The van der Waals surface area contributed by atoms with E-state index in [0.717, 1.165) is 39.1 Å². The first-order chi connectivity index (χ1) is 24.9. The number of aliphatic hydroxyl groups excluding tert-OH is 1. The molecule has 51 heavy (non-hydrogen) atoms. The second-order valence-electron chi connectivity index (χ2n) is 12.3. The first-order valence-electron chi connectivity index (χ1n) is 16.6. The molecule has 5 aromatic carbocycles. The Balaban J connectivity index is 1.12. The van der Waals surface area contributed by atoms with Gasteiger partial charge in [0.15, 0.2) is 6.29 Å². The van der Waals surface area contributed by atoms with E-state index in [4.69, 9.17) is 9.47 Å². The molecular weight excluding hydrogens is 683 g/mol. The molecule has 1 fully saturated rings. The van der Waals surface area contributed by atoms with Crippen LogP contribution in [-0.2, 0) is 32.6 Å². The van der Waals surface area contributed by atoms with Gasteiger partial charge in [-0.25, -0.2) is 13.1 Å². The van der Waals surface area contributed by atoms with Crippen LogP contribution in [0.5, 0.6) is 0 Å². The average molecular weight is 720 g/mol. The molecule has 0 saturated carbocycles. The Morgan fingerprint density at radius 2 is 1.47 bits per heavy atom. The number of thioether (sulfide) groups is 1. The highest BCUT2D eigenvalue weighted by atomic mass is 32.2. The lowest BCUT2D eigenvalue weighted by Crippen LogP contribution is -2.38. The van der Waals surface area contributed by atoms with Crippen LogP contribution in [-0.4, -0.2) is 45.6 Å². The van der Waals surface area contributed by atoms with Gasteiger partial charge in [-0.15, -0.1) is 5.10 Å². The van der Waals surface area contributed by atoms with Gasteiger partial charge in [-0.2, -0.15) is 4.68 Å². The van der Waals surface area contributed by atoms with Crippen molar-refractivity contribution in [2.45, 2.75) is 48.6 Å². The van der Waals surface area contributed by atoms with E-state index in [9.17, 15) is 13.5 Å². The zero-order valence-corrected chi connectivity index (χ0v) is 29.5. The topological polar surface area (TPSA) is 128 Å². The summed E-state index contributed by atoms with van der Waals surface area (Å²) in [6.45, 7) is 2.24. The van der Waals surface area contributed by atoms with Gasteiger partial charge in [0, 0.05) is 23.8 Å². The third-order valence-electron chi connectivity index (χ3n) is 8.96. The van der Waals surface area contributed by atoms with Crippen LogP contribution in [0.2, 0.25) is 0 Å². The van der Waals surface area contributed by atoms with E-state index in [1.807, 2.05) is 103 Å². The van der Waals surface area contributed by atoms with Gasteiger partial charge in [-0.3, -0.25) is 0 Å². The Labute approximate surface area is 301 Å². The number of ether oxygens (including phenoxy) is 2. The highest BCUT2D eigenvalue weighted by Crippen LogP contribution is 2.43. The normalized spacial score (nSPS) is 19.2. The fourth-order valence-corrected chi connectivity index (χ4v) is 8.18. The summed E-state index contributed by atoms with van der Waals surface area (Å²) in [5, 5.41) is 22.7. The molecule has 1 aliphatic heterocycles. The third-order valence-corrected chi connectivity index (χ3v) is 11.4. The Bertz CT molecular complexity index is 2150. The quantitative estimate of drug-likeness (QED) is 0.130. The molecular formula is C39H37N5O5S2. The largest absolute Gasteiger partial charge is 0.392 e. The smallest absolute Gasteiger partial charge is 0.240 e. The minimum Gasteiger partial charge on any atom is -0.392 e. The molecule has 0 amide bonds. The number of aliphatic hydroxyl groups is 1. The van der Waals surface area contributed by atoms with Crippen molar-refractivity contribution >= 4 is 21.8 Å². The maximum atomic E-state index is 12.9. The van der Waals surface area contributed by atoms with Crippen LogP contribution < -0.4 is 4.72 Å². The molecule has 12 heteroatoms. The van der Waals surface area contributed by atoms with Crippen molar-refractivity contribution < 1.29 is 23.0 Å². The predicted molar refractivity (Wildman–Crippen MR) is 195 cm³/mol. The minimum atomic E-state index is -3.67. The zero-order chi connectivity index (χ0) is 35.2. The number of hydrogen-bond acceptors (Lipinski definition) is 9. The fraction of sp³-hybridized carbons (Fsp3) is 0.205. The molecule has 2 N–H and O–H groups in total. The van der Waals surface area contributed by atoms with Gasteiger partial charge in [0.2, 0.25) is 15.2 Å². The van der Waals surface area contributed by atoms with Crippen LogP contribution in [0.4, 0.5) is 0 Å². The molecule has 2 heterocycles. The molecule has 1 saturated heterocycles. The third kappa shape index (κ3) is 7.96. The van der Waals surface area contributed by atoms with Crippen LogP contribution in [0.25, 0.3) is 16.8 Å². The molecule has 1 aromatic heterocycles. The Kier molecular flexibility index (Phi) is 10.7. The lowest BCUT2D eigenvalue weighted by atomic mass is 9.91. The van der Waals surface area contributed by atoms with E-state index in [1.54, 1.807) is 35.0 Å². The number of aromatic nitrogens is 4. The number of tetrazole rings is 1. The lowest BCUT2D eigenvalue weighted by molar-refractivity contribution is -0.268. The molecule has 7 rings (SSSR count). The van der Waals surface area contributed by atoms with Crippen molar-refractivity contribution in [3.63, 3.8) is 0 Å². The number of benzene rings is 5. The minimum absolute atomic E-state index is 0.0133. The van der Waals surface area contributed by atoms with Crippen molar-refractivity contribution in [2.24, 2.45) is 5.92 Å². The fourth-order valence-electron chi connectivity index (χ4n) is 6.10. The van der Waals surface area contributed by atoms with Crippen LogP contribution in [0.15, 0.2) is 144 Å². The van der Waals surface area contributed by atoms with Crippen LogP contribution >= 0.6 is 11.8 Å². The summed E-state index contributed by atoms with van der Waals surface area (Å²) in [6, 6.07) is 41.7. The van der Waals surface area contributed by atoms with E-state index in [1.165, 1.54) is 11.8 Å². The highest BCUT2D eigenvalue weighted by Gasteiger charge is 2.38. The van der Waals surface area contributed by atoms with Gasteiger partial charge in [-0.1, -0.05) is 128 Å². The van der Waals surface area contributed by atoms with E-state index in [2.05, 4.69) is 27.2 Å². The number of nitrogens with zero attached hydrogens (tertiary/aromatic N) is 4. The molecule has 0 aliphatic carbocycles. The van der Waals surface area contributed by atoms with E-state index in [-0.39, 0.29) is 36.2 Å². The molecule has 0 unspecified atom stereocenters. The summed E-state index contributed by atoms with van der Waals surface area (Å²) in [5.41, 5.74) is 6.28. The molecule has 6 aromatic rings. The molecule has 1 aliphatic rings. The second-order valence-corrected chi connectivity index (χ2v) is 15.0. The lowest BCUT2D eigenvalue weighted by Gasteiger charge is -2.41. The van der Waals surface area contributed by atoms with Crippen molar-refractivity contribution in [3.8, 4) is 16.8 Å². The molecule has 0 bridgehead atoms. The summed E-state index contributed by atoms with van der Waals surface area (Å²) < 4.78 is 43.6. The molecule has 10 nitrogen and oxygen atoms in total. The van der Waals surface area contributed by atoms with Gasteiger partial charge in [0.05, 0.1) is 29.4 Å². The van der Waals surface area contributed by atoms with E-state index >= 15 is 0 Å². The van der Waals surface area contributed by atoms with Crippen LogP contribution in [0.3, 0.4) is 0 Å². The number of sulfonamides is 1. The van der Waals surface area contributed by atoms with Gasteiger partial charge in [0.25, 0.3) is 0 Å². The maximum absolute atomic E-state index is 12.9. The van der Waals surface area contributed by atoms with E-state index < -0.39 is 16.3 Å². The molecule has 260 valence electrons. The molecule has 0 spiro atoms. The van der Waals surface area contributed by atoms with Gasteiger partial charge in [-0.05, 0) is 62.5 Å². The van der Waals surface area contributed by atoms with Gasteiger partial charge in [0.1, 0.15) is 0 Å². The number of para-hydroxylation sites is 1.